The first-order valence-electron chi connectivity index (χ1n) is 5.77. The van der Waals surface area contributed by atoms with Crippen LogP contribution in [0.15, 0.2) is 18.2 Å². The van der Waals surface area contributed by atoms with Gasteiger partial charge < -0.3 is 10.4 Å². The molecule has 0 aliphatic heterocycles. The third-order valence-corrected chi connectivity index (χ3v) is 3.12. The summed E-state index contributed by atoms with van der Waals surface area (Å²) in [4.78, 5) is 3.45. The molecule has 0 spiro atoms. The van der Waals surface area contributed by atoms with Crippen LogP contribution in [-0.2, 0) is 6.18 Å². The second-order valence-electron chi connectivity index (χ2n) is 4.90. The summed E-state index contributed by atoms with van der Waals surface area (Å²) >= 11 is 0. The van der Waals surface area contributed by atoms with Gasteiger partial charge in [0.1, 0.15) is 11.8 Å². The zero-order valence-electron chi connectivity index (χ0n) is 10.5. The lowest BCUT2D eigenvalue weighted by Gasteiger charge is -2.16. The maximum Gasteiger partial charge on any atom is 0.433 e. The highest BCUT2D eigenvalue weighted by Crippen LogP contribution is 2.34. The lowest BCUT2D eigenvalue weighted by atomic mass is 10.2. The van der Waals surface area contributed by atoms with Gasteiger partial charge in [0.05, 0.1) is 5.69 Å². The van der Waals surface area contributed by atoms with Crippen LogP contribution in [0.3, 0.4) is 0 Å². The molecule has 1 aromatic rings. The number of nitrogens with one attached hydrogen (secondary N) is 1. The van der Waals surface area contributed by atoms with E-state index in [0.717, 1.165) is 18.9 Å². The predicted octanol–water partition coefficient (Wildman–Crippen LogP) is 2.39. The minimum Gasteiger partial charge on any atom is -0.385 e. The van der Waals surface area contributed by atoms with E-state index in [9.17, 15) is 18.3 Å². The first-order chi connectivity index (χ1) is 8.30. The third-order valence-electron chi connectivity index (χ3n) is 3.12. The van der Waals surface area contributed by atoms with Crippen LogP contribution in [-0.4, -0.2) is 22.2 Å². The van der Waals surface area contributed by atoms with Crippen LogP contribution in [0.4, 0.5) is 13.2 Å². The smallest absolute Gasteiger partial charge is 0.385 e. The van der Waals surface area contributed by atoms with Gasteiger partial charge in [-0.3, -0.25) is 0 Å². The van der Waals surface area contributed by atoms with E-state index in [2.05, 4.69) is 10.3 Å². The second-order valence-corrected chi connectivity index (χ2v) is 4.90. The number of hydrogen-bond donors (Lipinski definition) is 2. The Labute approximate surface area is 116 Å². The predicted molar refractivity (Wildman–Crippen MR) is 70.2 cm³/mol. The highest BCUT2D eigenvalue weighted by molar-refractivity contribution is 7.59. The number of nitrogens with zero attached hydrogens (tertiary/aromatic N) is 1. The molecule has 1 heterocycles. The van der Waals surface area contributed by atoms with Crippen molar-refractivity contribution in [2.24, 2.45) is 0 Å². The molecule has 19 heavy (non-hydrogen) atoms. The minimum atomic E-state index is -4.48. The molecule has 0 radical (unpaired) electrons. The molecule has 0 aromatic carbocycles. The Hall–Kier alpha value is -0.790. The summed E-state index contributed by atoms with van der Waals surface area (Å²) < 4.78 is 37.4. The minimum absolute atomic E-state index is 0. The molecule has 1 aliphatic rings. The zero-order valence-corrected chi connectivity index (χ0v) is 11.5. The monoisotopic (exact) mass is 294 g/mol. The van der Waals surface area contributed by atoms with Gasteiger partial charge in [-0.15, -0.1) is 0 Å². The summed E-state index contributed by atoms with van der Waals surface area (Å²) in [5.41, 5.74) is -0.902. The van der Waals surface area contributed by atoms with E-state index in [1.54, 1.807) is 0 Å². The van der Waals surface area contributed by atoms with Crippen LogP contribution in [0.1, 0.15) is 37.3 Å². The molecular weight excluding hydrogens is 277 g/mol. The van der Waals surface area contributed by atoms with Crippen molar-refractivity contribution in [1.29, 1.82) is 0 Å². The van der Waals surface area contributed by atoms with Crippen molar-refractivity contribution in [1.82, 2.24) is 10.3 Å². The maximum atomic E-state index is 12.5. The van der Waals surface area contributed by atoms with Gasteiger partial charge in [-0.25, -0.2) is 4.98 Å². The average molecular weight is 294 g/mol. The Kier molecular flexibility index (Phi) is 4.86. The van der Waals surface area contributed by atoms with Crippen molar-refractivity contribution in [3.8, 4) is 0 Å². The standard InChI is InChI=1S/C12H15F3N2O.H2S/c1-11(5-6-11)16-7-9(18)8-3-2-4-10(17-8)12(13,14)15;/h2-4,9,16,18H,5-7H2,1H3;1H2/t9-;/m0./s1. The van der Waals surface area contributed by atoms with Crippen molar-refractivity contribution >= 4 is 13.5 Å². The number of aliphatic hydroxyl groups excluding tert-OH is 1. The molecule has 0 saturated heterocycles. The molecule has 1 aliphatic carbocycles. The number of β-amino-alcohol motifs (C(OH)–C–C–N with tert-alkyl or cyclic N) is 1. The molecule has 1 aromatic heterocycles. The molecule has 2 N–H and O–H groups in total. The second kappa shape index (κ2) is 5.68. The Morgan fingerprint density at radius 3 is 2.58 bits per heavy atom. The Balaban J connectivity index is 0.00000180. The molecule has 0 unspecified atom stereocenters. The summed E-state index contributed by atoms with van der Waals surface area (Å²) in [6, 6.07) is 3.55. The Bertz CT molecular complexity index is 435. The number of aliphatic hydroxyl groups is 1. The molecule has 2 rings (SSSR count). The fraction of sp³-hybridized carbons (Fsp3) is 0.583. The van der Waals surface area contributed by atoms with E-state index in [1.165, 1.54) is 12.1 Å². The Morgan fingerprint density at radius 2 is 2.05 bits per heavy atom. The Morgan fingerprint density at radius 1 is 1.42 bits per heavy atom. The van der Waals surface area contributed by atoms with Crippen LogP contribution in [0.25, 0.3) is 0 Å². The van der Waals surface area contributed by atoms with Crippen molar-refractivity contribution in [2.45, 2.75) is 37.6 Å². The van der Waals surface area contributed by atoms with Crippen LogP contribution >= 0.6 is 13.5 Å². The van der Waals surface area contributed by atoms with Crippen LogP contribution < -0.4 is 5.32 Å². The van der Waals surface area contributed by atoms with Gasteiger partial charge in [0, 0.05) is 12.1 Å². The molecule has 1 fully saturated rings. The molecule has 1 atom stereocenters. The molecule has 7 heteroatoms. The summed E-state index contributed by atoms with van der Waals surface area (Å²) in [5.74, 6) is 0. The fourth-order valence-electron chi connectivity index (χ4n) is 1.61. The number of rotatable bonds is 4. The van der Waals surface area contributed by atoms with Crippen molar-refractivity contribution < 1.29 is 18.3 Å². The van der Waals surface area contributed by atoms with Gasteiger partial charge in [-0.05, 0) is 31.9 Å². The SMILES string of the molecule is CC1(NC[C@H](O)c2cccc(C(F)(F)F)n2)CC1.S. The lowest BCUT2D eigenvalue weighted by molar-refractivity contribution is -0.141. The van der Waals surface area contributed by atoms with Crippen LogP contribution in [0.5, 0.6) is 0 Å². The quantitative estimate of drug-likeness (QED) is 0.896. The van der Waals surface area contributed by atoms with Crippen molar-refractivity contribution in [3.63, 3.8) is 0 Å². The lowest BCUT2D eigenvalue weighted by Crippen LogP contribution is -2.32. The van der Waals surface area contributed by atoms with Gasteiger partial charge in [0.2, 0.25) is 0 Å². The molecule has 0 bridgehead atoms. The van der Waals surface area contributed by atoms with E-state index in [1.807, 2.05) is 6.92 Å². The van der Waals surface area contributed by atoms with Gasteiger partial charge >= 0.3 is 6.18 Å². The number of hydrogen-bond acceptors (Lipinski definition) is 3. The van der Waals surface area contributed by atoms with E-state index in [0.29, 0.717) is 0 Å². The number of pyridine rings is 1. The van der Waals surface area contributed by atoms with E-state index < -0.39 is 18.0 Å². The molecule has 0 amide bonds. The van der Waals surface area contributed by atoms with E-state index >= 15 is 0 Å². The molecule has 3 nitrogen and oxygen atoms in total. The first-order valence-corrected chi connectivity index (χ1v) is 5.77. The van der Waals surface area contributed by atoms with Gasteiger partial charge in [0.15, 0.2) is 0 Å². The first kappa shape index (κ1) is 16.3. The summed E-state index contributed by atoms with van der Waals surface area (Å²) in [5, 5.41) is 12.9. The average Bonchev–Trinajstić information content (AvgIpc) is 3.04. The topological polar surface area (TPSA) is 45.1 Å². The van der Waals surface area contributed by atoms with Gasteiger partial charge in [-0.1, -0.05) is 6.07 Å². The molecule has 1 saturated carbocycles. The number of aromatic nitrogens is 1. The zero-order chi connectivity index (χ0) is 13.4. The normalized spacial score (nSPS) is 18.6. The van der Waals surface area contributed by atoms with Gasteiger partial charge in [-0.2, -0.15) is 26.7 Å². The molecule has 108 valence electrons. The van der Waals surface area contributed by atoms with Crippen molar-refractivity contribution in [3.05, 3.63) is 29.6 Å². The fourth-order valence-corrected chi connectivity index (χ4v) is 1.61. The largest absolute Gasteiger partial charge is 0.433 e. The molecular formula is C12H17F3N2OS. The van der Waals surface area contributed by atoms with Crippen LogP contribution in [0, 0.1) is 0 Å². The summed E-state index contributed by atoms with van der Waals surface area (Å²) in [7, 11) is 0. The third kappa shape index (κ3) is 4.36. The van der Waals surface area contributed by atoms with E-state index in [-0.39, 0.29) is 31.3 Å². The van der Waals surface area contributed by atoms with Gasteiger partial charge in [0.25, 0.3) is 0 Å². The van der Waals surface area contributed by atoms with Crippen LogP contribution in [0.2, 0.25) is 0 Å². The summed E-state index contributed by atoms with van der Waals surface area (Å²) in [6.45, 7) is 2.23. The highest BCUT2D eigenvalue weighted by Gasteiger charge is 2.37. The van der Waals surface area contributed by atoms with E-state index in [4.69, 9.17) is 0 Å². The number of alkyl halides is 3. The summed E-state index contributed by atoms with van der Waals surface area (Å²) in [6.07, 6.45) is -3.46. The maximum absolute atomic E-state index is 12.5. The number of halogens is 3. The highest BCUT2D eigenvalue weighted by atomic mass is 32.1. The van der Waals surface area contributed by atoms with Crippen molar-refractivity contribution in [2.75, 3.05) is 6.54 Å².